The van der Waals surface area contributed by atoms with Crippen LogP contribution in [0.15, 0.2) is 11.9 Å². The molecule has 0 aromatic carbocycles. The van der Waals surface area contributed by atoms with Gasteiger partial charge in [-0.1, -0.05) is 0 Å². The van der Waals surface area contributed by atoms with Gasteiger partial charge in [-0.15, -0.1) is 0 Å². The molecule has 0 radical (unpaired) electrons. The van der Waals surface area contributed by atoms with Crippen molar-refractivity contribution < 1.29 is 13.2 Å². The summed E-state index contributed by atoms with van der Waals surface area (Å²) in [6.07, 6.45) is -3.66. The molecular formula is C5H9F3N2. The zero-order valence-electron chi connectivity index (χ0n) is 5.50. The highest BCUT2D eigenvalue weighted by molar-refractivity contribution is 5.01. The van der Waals surface area contributed by atoms with E-state index < -0.39 is 11.9 Å². The zero-order valence-corrected chi connectivity index (χ0v) is 5.50. The van der Waals surface area contributed by atoms with Crippen molar-refractivity contribution in [3.63, 3.8) is 0 Å². The van der Waals surface area contributed by atoms with Crippen molar-refractivity contribution in [3.8, 4) is 0 Å². The molecule has 60 valence electrons. The number of allylic oxidation sites excluding steroid dienone is 1. The van der Waals surface area contributed by atoms with E-state index in [4.69, 9.17) is 0 Å². The third-order valence-corrected chi connectivity index (χ3v) is 0.789. The Morgan fingerprint density at radius 1 is 1.60 bits per heavy atom. The summed E-state index contributed by atoms with van der Waals surface area (Å²) >= 11 is 0. The van der Waals surface area contributed by atoms with Gasteiger partial charge < -0.3 is 11.1 Å². The summed E-state index contributed by atoms with van der Waals surface area (Å²) in [6, 6.07) is 0. The van der Waals surface area contributed by atoms with Crippen molar-refractivity contribution in [2.75, 3.05) is 6.54 Å². The van der Waals surface area contributed by atoms with Gasteiger partial charge in [0.25, 0.3) is 0 Å². The maximum atomic E-state index is 11.5. The Balaban J connectivity index is 3.93. The molecule has 0 aliphatic rings. The summed E-state index contributed by atoms with van der Waals surface area (Å²) in [7, 11) is 0. The largest absolute Gasteiger partial charge is 0.432 e. The number of nitrogens with two attached hydrogens (primary N) is 1. The first-order valence-corrected chi connectivity index (χ1v) is 2.74. The van der Waals surface area contributed by atoms with Crippen LogP contribution in [0.1, 0.15) is 6.92 Å². The molecule has 0 aromatic heterocycles. The number of nitrogens with one attached hydrogen (secondary N) is 1. The lowest BCUT2D eigenvalue weighted by Crippen LogP contribution is -2.22. The monoisotopic (exact) mass is 154 g/mol. The predicted molar refractivity (Wildman–Crippen MR) is 32.0 cm³/mol. The number of alkyl halides is 3. The van der Waals surface area contributed by atoms with E-state index in [0.717, 1.165) is 6.20 Å². The SMILES string of the molecule is CCN/C=C(\N)C(F)(F)F. The molecule has 0 aliphatic carbocycles. The van der Waals surface area contributed by atoms with Gasteiger partial charge in [-0.25, -0.2) is 0 Å². The molecule has 0 amide bonds. The molecule has 0 bridgehead atoms. The minimum absolute atomic E-state index is 0.427. The van der Waals surface area contributed by atoms with Crippen LogP contribution in [0.5, 0.6) is 0 Å². The highest BCUT2D eigenvalue weighted by atomic mass is 19.4. The van der Waals surface area contributed by atoms with E-state index in [2.05, 4.69) is 11.1 Å². The number of hydrogen-bond acceptors (Lipinski definition) is 2. The molecule has 0 saturated heterocycles. The predicted octanol–water partition coefficient (Wildman–Crippen LogP) is 0.958. The summed E-state index contributed by atoms with van der Waals surface area (Å²) in [5.41, 5.74) is 3.51. The Morgan fingerprint density at radius 3 is 2.40 bits per heavy atom. The molecule has 0 rings (SSSR count). The van der Waals surface area contributed by atoms with E-state index in [1.165, 1.54) is 0 Å². The van der Waals surface area contributed by atoms with Crippen LogP contribution in [0, 0.1) is 0 Å². The molecule has 0 saturated carbocycles. The fourth-order valence-corrected chi connectivity index (χ4v) is 0.294. The first-order valence-electron chi connectivity index (χ1n) is 2.74. The molecule has 0 aliphatic heterocycles. The molecule has 0 fully saturated rings. The zero-order chi connectivity index (χ0) is 8.20. The second-order valence-electron chi connectivity index (χ2n) is 1.66. The molecule has 0 atom stereocenters. The summed E-state index contributed by atoms with van der Waals surface area (Å²) in [4.78, 5) is 0. The van der Waals surface area contributed by atoms with Crippen molar-refractivity contribution in [1.82, 2.24) is 5.32 Å². The number of rotatable bonds is 2. The lowest BCUT2D eigenvalue weighted by atomic mass is 10.5. The Bertz CT molecular complexity index is 127. The van der Waals surface area contributed by atoms with Gasteiger partial charge in [0.2, 0.25) is 0 Å². The van der Waals surface area contributed by atoms with E-state index >= 15 is 0 Å². The average molecular weight is 154 g/mol. The molecule has 5 heteroatoms. The van der Waals surface area contributed by atoms with Gasteiger partial charge >= 0.3 is 6.18 Å². The first-order chi connectivity index (χ1) is 4.48. The van der Waals surface area contributed by atoms with Gasteiger partial charge in [0.15, 0.2) is 0 Å². The molecule has 0 spiro atoms. The molecule has 0 heterocycles. The van der Waals surface area contributed by atoms with Gasteiger partial charge in [-0.2, -0.15) is 13.2 Å². The van der Waals surface area contributed by atoms with Crippen molar-refractivity contribution in [1.29, 1.82) is 0 Å². The van der Waals surface area contributed by atoms with E-state index in [0.29, 0.717) is 6.54 Å². The highest BCUT2D eigenvalue weighted by Gasteiger charge is 2.31. The van der Waals surface area contributed by atoms with E-state index in [1.807, 2.05) is 0 Å². The third kappa shape index (κ3) is 3.21. The lowest BCUT2D eigenvalue weighted by Gasteiger charge is -2.05. The second-order valence-corrected chi connectivity index (χ2v) is 1.66. The van der Waals surface area contributed by atoms with Crippen molar-refractivity contribution in [2.45, 2.75) is 13.1 Å². The van der Waals surface area contributed by atoms with Gasteiger partial charge in [0, 0.05) is 12.7 Å². The lowest BCUT2D eigenvalue weighted by molar-refractivity contribution is -0.0930. The topological polar surface area (TPSA) is 38.0 Å². The Kier molecular flexibility index (Phi) is 3.05. The Labute approximate surface area is 56.9 Å². The second kappa shape index (κ2) is 3.34. The molecule has 2 nitrogen and oxygen atoms in total. The summed E-state index contributed by atoms with van der Waals surface area (Å²) < 4.78 is 34.6. The Hall–Kier alpha value is -0.870. The van der Waals surface area contributed by atoms with Crippen molar-refractivity contribution in [2.24, 2.45) is 5.73 Å². The fraction of sp³-hybridized carbons (Fsp3) is 0.600. The van der Waals surface area contributed by atoms with Gasteiger partial charge in [0.05, 0.1) is 0 Å². The van der Waals surface area contributed by atoms with Crippen LogP contribution in [-0.4, -0.2) is 12.7 Å². The van der Waals surface area contributed by atoms with Crippen LogP contribution < -0.4 is 11.1 Å². The highest BCUT2D eigenvalue weighted by Crippen LogP contribution is 2.20. The normalized spacial score (nSPS) is 13.4. The molecule has 3 N–H and O–H groups in total. The fourth-order valence-electron chi connectivity index (χ4n) is 0.294. The van der Waals surface area contributed by atoms with E-state index in [1.54, 1.807) is 6.92 Å². The van der Waals surface area contributed by atoms with Crippen LogP contribution in [0.3, 0.4) is 0 Å². The van der Waals surface area contributed by atoms with E-state index in [9.17, 15) is 13.2 Å². The number of halogens is 3. The first kappa shape index (κ1) is 9.13. The molecule has 0 unspecified atom stereocenters. The van der Waals surface area contributed by atoms with Gasteiger partial charge in [0.1, 0.15) is 5.70 Å². The van der Waals surface area contributed by atoms with Crippen molar-refractivity contribution >= 4 is 0 Å². The minimum atomic E-state index is -4.41. The smallest absolute Gasteiger partial charge is 0.394 e. The standard InChI is InChI=1S/C5H9F3N2/c1-2-10-3-4(9)5(6,7)8/h3,10H,2,9H2,1H3/b4-3-. The quantitative estimate of drug-likeness (QED) is 0.621. The average Bonchev–Trinajstić information content (AvgIpc) is 1.80. The Morgan fingerprint density at radius 2 is 2.10 bits per heavy atom. The summed E-state index contributed by atoms with van der Waals surface area (Å²) in [5, 5.41) is 2.35. The minimum Gasteiger partial charge on any atom is -0.394 e. The van der Waals surface area contributed by atoms with Crippen LogP contribution in [0.2, 0.25) is 0 Å². The van der Waals surface area contributed by atoms with Crippen LogP contribution in [-0.2, 0) is 0 Å². The maximum Gasteiger partial charge on any atom is 0.432 e. The van der Waals surface area contributed by atoms with Crippen LogP contribution in [0.25, 0.3) is 0 Å². The molecular weight excluding hydrogens is 145 g/mol. The van der Waals surface area contributed by atoms with Crippen molar-refractivity contribution in [3.05, 3.63) is 11.9 Å². The number of hydrogen-bond donors (Lipinski definition) is 2. The maximum absolute atomic E-state index is 11.5. The van der Waals surface area contributed by atoms with E-state index in [-0.39, 0.29) is 0 Å². The third-order valence-electron chi connectivity index (χ3n) is 0.789. The van der Waals surface area contributed by atoms with Crippen LogP contribution >= 0.6 is 0 Å². The summed E-state index contributed by atoms with van der Waals surface area (Å²) in [5.74, 6) is 0. The van der Waals surface area contributed by atoms with Gasteiger partial charge in [-0.05, 0) is 6.92 Å². The van der Waals surface area contributed by atoms with Crippen LogP contribution in [0.4, 0.5) is 13.2 Å². The molecule has 10 heavy (non-hydrogen) atoms. The molecule has 0 aromatic rings. The summed E-state index contributed by atoms with van der Waals surface area (Å²) in [6.45, 7) is 2.11. The van der Waals surface area contributed by atoms with Gasteiger partial charge in [-0.3, -0.25) is 0 Å².